The summed E-state index contributed by atoms with van der Waals surface area (Å²) >= 11 is 0. The van der Waals surface area contributed by atoms with Gasteiger partial charge in [-0.2, -0.15) is 5.10 Å². The van der Waals surface area contributed by atoms with Gasteiger partial charge >= 0.3 is 0 Å². The number of aromatic nitrogens is 4. The lowest BCUT2D eigenvalue weighted by Gasteiger charge is -2.21. The number of para-hydroxylation sites is 1. The van der Waals surface area contributed by atoms with Gasteiger partial charge in [0.15, 0.2) is 0 Å². The van der Waals surface area contributed by atoms with Crippen molar-refractivity contribution in [2.75, 3.05) is 14.2 Å². The molecule has 0 bridgehead atoms. The first kappa shape index (κ1) is 23.9. The van der Waals surface area contributed by atoms with Crippen LogP contribution in [0.2, 0.25) is 0 Å². The van der Waals surface area contributed by atoms with E-state index in [1.807, 2.05) is 90.6 Å². The van der Waals surface area contributed by atoms with E-state index in [-0.39, 0.29) is 5.91 Å². The van der Waals surface area contributed by atoms with Gasteiger partial charge in [0.2, 0.25) is 0 Å². The van der Waals surface area contributed by atoms with Gasteiger partial charge in [-0.25, -0.2) is 9.67 Å². The van der Waals surface area contributed by atoms with Crippen molar-refractivity contribution < 1.29 is 14.3 Å². The molecule has 37 heavy (non-hydrogen) atoms. The van der Waals surface area contributed by atoms with Crippen LogP contribution in [-0.4, -0.2) is 39.5 Å². The van der Waals surface area contributed by atoms with Crippen molar-refractivity contribution >= 4 is 5.91 Å². The molecule has 0 saturated heterocycles. The van der Waals surface area contributed by atoms with Crippen LogP contribution >= 0.6 is 0 Å². The minimum absolute atomic E-state index is 0.298. The zero-order chi connectivity index (χ0) is 25.8. The highest BCUT2D eigenvalue weighted by Gasteiger charge is 2.26. The maximum atomic E-state index is 13.9. The molecule has 2 heterocycles. The Morgan fingerprint density at radius 2 is 1.54 bits per heavy atom. The van der Waals surface area contributed by atoms with Crippen LogP contribution in [0.3, 0.4) is 0 Å². The van der Waals surface area contributed by atoms with Crippen LogP contribution in [-0.2, 0) is 7.05 Å². The number of hydrogen-bond donors (Lipinski definition) is 1. The largest absolute Gasteiger partial charge is 0.497 e. The van der Waals surface area contributed by atoms with E-state index in [0.29, 0.717) is 28.7 Å². The Bertz CT molecular complexity index is 1490. The molecule has 0 aliphatic carbocycles. The molecule has 3 aromatic carbocycles. The lowest BCUT2D eigenvalue weighted by molar-refractivity contribution is 0.0933. The molecule has 0 unspecified atom stereocenters. The molecular formula is C29H27N5O3. The summed E-state index contributed by atoms with van der Waals surface area (Å²) in [5.41, 5.74) is 3.58. The number of rotatable bonds is 8. The molecule has 0 spiro atoms. The summed E-state index contributed by atoms with van der Waals surface area (Å²) in [4.78, 5) is 18.4. The van der Waals surface area contributed by atoms with Gasteiger partial charge in [-0.15, -0.1) is 0 Å². The molecule has 1 amide bonds. The Hall–Kier alpha value is -4.85. The van der Waals surface area contributed by atoms with Crippen molar-refractivity contribution in [3.63, 3.8) is 0 Å². The van der Waals surface area contributed by atoms with Crippen molar-refractivity contribution in [3.05, 3.63) is 114 Å². The normalized spacial score (nSPS) is 11.6. The molecule has 1 atom stereocenters. The van der Waals surface area contributed by atoms with Crippen molar-refractivity contribution in [2.45, 2.75) is 6.04 Å². The molecular weight excluding hydrogens is 466 g/mol. The van der Waals surface area contributed by atoms with E-state index in [4.69, 9.17) is 14.6 Å². The van der Waals surface area contributed by atoms with Crippen LogP contribution in [0.1, 0.15) is 27.9 Å². The Balaban J connectivity index is 1.59. The monoisotopic (exact) mass is 493 g/mol. The van der Waals surface area contributed by atoms with Crippen LogP contribution in [0, 0.1) is 0 Å². The first-order valence-electron chi connectivity index (χ1n) is 11.8. The lowest BCUT2D eigenvalue weighted by atomic mass is 10.0. The van der Waals surface area contributed by atoms with Crippen molar-refractivity contribution in [1.82, 2.24) is 24.6 Å². The summed E-state index contributed by atoms with van der Waals surface area (Å²) < 4.78 is 14.5. The van der Waals surface area contributed by atoms with E-state index in [9.17, 15) is 4.79 Å². The highest BCUT2D eigenvalue weighted by molar-refractivity contribution is 5.95. The highest BCUT2D eigenvalue weighted by atomic mass is 16.5. The average molecular weight is 494 g/mol. The molecule has 0 radical (unpaired) electrons. The van der Waals surface area contributed by atoms with E-state index in [2.05, 4.69) is 10.3 Å². The Morgan fingerprint density at radius 3 is 2.14 bits per heavy atom. The van der Waals surface area contributed by atoms with Crippen molar-refractivity contribution in [3.8, 4) is 28.4 Å². The first-order valence-corrected chi connectivity index (χ1v) is 11.8. The van der Waals surface area contributed by atoms with Gasteiger partial charge in [-0.1, -0.05) is 48.5 Å². The van der Waals surface area contributed by atoms with Crippen LogP contribution in [0.5, 0.6) is 11.5 Å². The smallest absolute Gasteiger partial charge is 0.270 e. The summed E-state index contributed by atoms with van der Waals surface area (Å²) in [6.07, 6.45) is 3.54. The van der Waals surface area contributed by atoms with Gasteiger partial charge in [0.1, 0.15) is 29.1 Å². The fourth-order valence-corrected chi connectivity index (χ4v) is 4.21. The number of benzene rings is 3. The van der Waals surface area contributed by atoms with E-state index in [0.717, 1.165) is 16.8 Å². The molecule has 8 nitrogen and oxygen atoms in total. The lowest BCUT2D eigenvalue weighted by Crippen LogP contribution is -2.32. The number of amides is 1. The third-order valence-electron chi connectivity index (χ3n) is 6.11. The molecule has 1 N–H and O–H groups in total. The van der Waals surface area contributed by atoms with Gasteiger partial charge < -0.3 is 19.4 Å². The van der Waals surface area contributed by atoms with Gasteiger partial charge in [0, 0.05) is 31.1 Å². The number of carbonyl (C=O) groups excluding carboxylic acids is 1. The van der Waals surface area contributed by atoms with Gasteiger partial charge in [-0.3, -0.25) is 4.79 Å². The molecule has 0 aliphatic rings. The minimum atomic E-state index is -0.573. The molecule has 5 aromatic rings. The second-order valence-electron chi connectivity index (χ2n) is 8.48. The van der Waals surface area contributed by atoms with Crippen molar-refractivity contribution in [1.29, 1.82) is 0 Å². The topological polar surface area (TPSA) is 83.2 Å². The zero-order valence-electron chi connectivity index (χ0n) is 20.8. The van der Waals surface area contributed by atoms with Crippen LogP contribution < -0.4 is 14.8 Å². The summed E-state index contributed by atoms with van der Waals surface area (Å²) in [5.74, 6) is 1.60. The molecule has 2 aromatic heterocycles. The van der Waals surface area contributed by atoms with E-state index in [1.54, 1.807) is 37.2 Å². The second-order valence-corrected chi connectivity index (χ2v) is 8.48. The number of hydrogen-bond acceptors (Lipinski definition) is 5. The SMILES string of the molecule is COc1cc(OC)cc([C@@H](NC(=O)c2cc(-c3ccccc3)nn2-c2ccccc2)c2nccn2C)c1. The third kappa shape index (κ3) is 4.95. The van der Waals surface area contributed by atoms with Gasteiger partial charge in [0.25, 0.3) is 5.91 Å². The van der Waals surface area contributed by atoms with Gasteiger partial charge in [-0.05, 0) is 35.9 Å². The minimum Gasteiger partial charge on any atom is -0.497 e. The van der Waals surface area contributed by atoms with E-state index >= 15 is 0 Å². The fourth-order valence-electron chi connectivity index (χ4n) is 4.21. The predicted molar refractivity (Wildman–Crippen MR) is 141 cm³/mol. The number of aryl methyl sites for hydroxylation is 1. The summed E-state index contributed by atoms with van der Waals surface area (Å²) in [6.45, 7) is 0. The Morgan fingerprint density at radius 1 is 0.892 bits per heavy atom. The predicted octanol–water partition coefficient (Wildman–Crippen LogP) is 4.81. The molecule has 5 rings (SSSR count). The molecule has 186 valence electrons. The molecule has 8 heteroatoms. The quantitative estimate of drug-likeness (QED) is 0.335. The number of nitrogens with zero attached hydrogens (tertiary/aromatic N) is 4. The second kappa shape index (κ2) is 10.4. The Kier molecular flexibility index (Phi) is 6.72. The summed E-state index contributed by atoms with van der Waals surface area (Å²) in [5, 5.41) is 7.96. The van der Waals surface area contributed by atoms with Crippen LogP contribution in [0.25, 0.3) is 16.9 Å². The van der Waals surface area contributed by atoms with Crippen LogP contribution in [0.15, 0.2) is 97.3 Å². The number of methoxy groups -OCH3 is 2. The third-order valence-corrected chi connectivity index (χ3v) is 6.11. The number of imidazole rings is 1. The maximum absolute atomic E-state index is 13.9. The highest BCUT2D eigenvalue weighted by Crippen LogP contribution is 2.30. The average Bonchev–Trinajstić information content (AvgIpc) is 3.59. The molecule has 0 saturated carbocycles. The first-order chi connectivity index (χ1) is 18.1. The maximum Gasteiger partial charge on any atom is 0.270 e. The Labute approximate surface area is 215 Å². The number of nitrogens with one attached hydrogen (secondary N) is 1. The van der Waals surface area contributed by atoms with Gasteiger partial charge in [0.05, 0.1) is 25.6 Å². The fraction of sp³-hybridized carbons (Fsp3) is 0.138. The number of carbonyl (C=O) groups is 1. The van der Waals surface area contributed by atoms with Crippen LogP contribution in [0.4, 0.5) is 0 Å². The standard InChI is InChI=1S/C29H27N5O3/c1-33-15-14-30-28(33)27(21-16-23(36-2)18-24(17-21)37-3)31-29(35)26-19-25(20-10-6-4-7-11-20)32-34(26)22-12-8-5-9-13-22/h4-19,27H,1-3H3,(H,31,35)/t27-/m1/s1. The van der Waals surface area contributed by atoms with Crippen molar-refractivity contribution in [2.24, 2.45) is 7.05 Å². The summed E-state index contributed by atoms with van der Waals surface area (Å²) in [7, 11) is 5.08. The molecule has 0 fully saturated rings. The van der Waals surface area contributed by atoms with E-state index < -0.39 is 6.04 Å². The zero-order valence-corrected chi connectivity index (χ0v) is 20.8. The molecule has 0 aliphatic heterocycles. The summed E-state index contributed by atoms with van der Waals surface area (Å²) in [6, 6.07) is 26.1. The number of ether oxygens (including phenoxy) is 2. The van der Waals surface area contributed by atoms with E-state index in [1.165, 1.54) is 0 Å².